The van der Waals surface area contributed by atoms with E-state index >= 15 is 0 Å². The van der Waals surface area contributed by atoms with E-state index in [0.29, 0.717) is 18.7 Å². The zero-order valence-corrected chi connectivity index (χ0v) is 17.1. The van der Waals surface area contributed by atoms with Crippen LogP contribution in [0, 0.1) is 0 Å². The molecule has 2 N–H and O–H groups in total. The minimum Gasteiger partial charge on any atom is -0.497 e. The van der Waals surface area contributed by atoms with Gasteiger partial charge in [0.2, 0.25) is 5.91 Å². The van der Waals surface area contributed by atoms with E-state index in [1.54, 1.807) is 20.1 Å². The summed E-state index contributed by atoms with van der Waals surface area (Å²) < 4.78 is 5.30. The number of hydrogen-bond acceptors (Lipinski definition) is 4. The molecule has 7 heteroatoms. The second kappa shape index (κ2) is 7.82. The number of methoxy groups -OCH3 is 1. The largest absolute Gasteiger partial charge is 0.497 e. The molecule has 1 spiro atoms. The summed E-state index contributed by atoms with van der Waals surface area (Å²) in [4.78, 5) is 40.0. The van der Waals surface area contributed by atoms with Gasteiger partial charge >= 0.3 is 6.03 Å². The summed E-state index contributed by atoms with van der Waals surface area (Å²) in [6.07, 6.45) is 2.07. The lowest BCUT2D eigenvalue weighted by atomic mass is 9.76. The number of nitrogens with zero attached hydrogens (tertiary/aromatic N) is 1. The predicted molar refractivity (Wildman–Crippen MR) is 111 cm³/mol. The number of rotatable bonds is 5. The number of fused-ring (bicyclic) bond motifs is 2. The highest BCUT2D eigenvalue weighted by Crippen LogP contribution is 2.41. The quantitative estimate of drug-likeness (QED) is 0.746. The molecule has 0 aromatic heterocycles. The summed E-state index contributed by atoms with van der Waals surface area (Å²) in [6, 6.07) is 13.6. The molecule has 1 heterocycles. The summed E-state index contributed by atoms with van der Waals surface area (Å²) in [7, 11) is 1.60. The van der Waals surface area contributed by atoms with Crippen molar-refractivity contribution < 1.29 is 19.1 Å². The molecule has 2 aliphatic rings. The van der Waals surface area contributed by atoms with Gasteiger partial charge < -0.3 is 15.4 Å². The maximum Gasteiger partial charge on any atom is 0.326 e. The van der Waals surface area contributed by atoms with Gasteiger partial charge in [-0.2, -0.15) is 0 Å². The van der Waals surface area contributed by atoms with E-state index in [0.717, 1.165) is 34.4 Å². The minimum absolute atomic E-state index is 0.335. The number of aryl methyl sites for hydroxylation is 1. The van der Waals surface area contributed by atoms with Gasteiger partial charge in [0.05, 0.1) is 7.11 Å². The van der Waals surface area contributed by atoms with Crippen LogP contribution in [0.25, 0.3) is 0 Å². The zero-order chi connectivity index (χ0) is 21.3. The Morgan fingerprint density at radius 1 is 1.23 bits per heavy atom. The molecular formula is C23H25N3O4. The number of benzene rings is 2. The Kier molecular flexibility index (Phi) is 5.20. The Hall–Kier alpha value is -3.35. The van der Waals surface area contributed by atoms with Crippen LogP contribution in [-0.2, 0) is 28.1 Å². The number of ether oxygens (including phenoxy) is 1. The first-order valence-corrected chi connectivity index (χ1v) is 10.1. The summed E-state index contributed by atoms with van der Waals surface area (Å²) in [5.41, 5.74) is 1.59. The first-order valence-electron chi connectivity index (χ1n) is 10.1. The van der Waals surface area contributed by atoms with E-state index in [9.17, 15) is 14.4 Å². The maximum absolute atomic E-state index is 13.5. The lowest BCUT2D eigenvalue weighted by Crippen LogP contribution is -2.50. The van der Waals surface area contributed by atoms with Crippen LogP contribution < -0.4 is 15.4 Å². The first kappa shape index (κ1) is 19.9. The van der Waals surface area contributed by atoms with Crippen molar-refractivity contribution in [1.29, 1.82) is 0 Å². The van der Waals surface area contributed by atoms with E-state index in [1.165, 1.54) is 0 Å². The van der Waals surface area contributed by atoms with Gasteiger partial charge in [0.1, 0.15) is 17.3 Å². The third kappa shape index (κ3) is 3.30. The van der Waals surface area contributed by atoms with Gasteiger partial charge in [-0.1, -0.05) is 36.4 Å². The second-order valence-corrected chi connectivity index (χ2v) is 7.77. The summed E-state index contributed by atoms with van der Waals surface area (Å²) in [6.45, 7) is 1.91. The van der Waals surface area contributed by atoms with Crippen LogP contribution in [0.1, 0.15) is 36.5 Å². The van der Waals surface area contributed by atoms with Crippen LogP contribution in [0.5, 0.6) is 5.75 Å². The van der Waals surface area contributed by atoms with Gasteiger partial charge in [-0.15, -0.1) is 0 Å². The monoisotopic (exact) mass is 407 g/mol. The second-order valence-electron chi connectivity index (χ2n) is 7.77. The maximum atomic E-state index is 13.5. The molecule has 30 heavy (non-hydrogen) atoms. The van der Waals surface area contributed by atoms with Gasteiger partial charge in [-0.05, 0) is 55.0 Å². The summed E-state index contributed by atoms with van der Waals surface area (Å²) in [5.74, 6) is -0.0285. The van der Waals surface area contributed by atoms with Gasteiger partial charge in [-0.25, -0.2) is 9.69 Å². The molecule has 156 valence electrons. The van der Waals surface area contributed by atoms with Crippen molar-refractivity contribution in [2.75, 3.05) is 7.11 Å². The van der Waals surface area contributed by atoms with E-state index in [4.69, 9.17) is 4.74 Å². The van der Waals surface area contributed by atoms with Gasteiger partial charge in [-0.3, -0.25) is 9.59 Å². The van der Waals surface area contributed by atoms with Crippen LogP contribution in [0.3, 0.4) is 0 Å². The molecule has 4 rings (SSSR count). The third-order valence-corrected chi connectivity index (χ3v) is 5.97. The van der Waals surface area contributed by atoms with E-state index < -0.39 is 17.6 Å². The molecular weight excluding hydrogens is 382 g/mol. The average molecular weight is 407 g/mol. The number of hydrogen-bond donors (Lipinski definition) is 2. The standard InChI is InChI=1S/C23H25N3O4/c1-15(20(27)24-14-16-7-4-3-5-8-16)26-21(28)23(25-22(26)29)12-6-9-17-13-18(30-2)10-11-19(17)23/h3-5,7-8,10-11,13,15H,6,9,12,14H2,1-2H3,(H,24,27)(H,25,29)/t15-,23+/m0/s1. The molecule has 4 amide bonds. The molecule has 1 saturated heterocycles. The van der Waals surface area contributed by atoms with Gasteiger partial charge in [0, 0.05) is 6.54 Å². The van der Waals surface area contributed by atoms with Crippen LogP contribution in [0.2, 0.25) is 0 Å². The summed E-state index contributed by atoms with van der Waals surface area (Å²) in [5, 5.41) is 5.70. The van der Waals surface area contributed by atoms with Crippen molar-refractivity contribution in [3.8, 4) is 5.75 Å². The van der Waals surface area contributed by atoms with Crippen molar-refractivity contribution in [1.82, 2.24) is 15.5 Å². The highest BCUT2D eigenvalue weighted by atomic mass is 16.5. The number of carbonyl (C=O) groups excluding carboxylic acids is 3. The van der Waals surface area contributed by atoms with Crippen LogP contribution in [-0.4, -0.2) is 35.9 Å². The van der Waals surface area contributed by atoms with Gasteiger partial charge in [0.15, 0.2) is 0 Å². The highest BCUT2D eigenvalue weighted by molar-refractivity contribution is 6.10. The number of nitrogens with one attached hydrogen (secondary N) is 2. The number of amides is 4. The average Bonchev–Trinajstić information content (AvgIpc) is 3.01. The van der Waals surface area contributed by atoms with Crippen LogP contribution in [0.4, 0.5) is 4.79 Å². The Morgan fingerprint density at radius 2 is 2.00 bits per heavy atom. The van der Waals surface area contributed by atoms with Crippen molar-refractivity contribution in [3.63, 3.8) is 0 Å². The highest BCUT2D eigenvalue weighted by Gasteiger charge is 2.56. The third-order valence-electron chi connectivity index (χ3n) is 5.97. The fraction of sp³-hybridized carbons (Fsp3) is 0.348. The minimum atomic E-state index is -1.12. The molecule has 0 saturated carbocycles. The Balaban J connectivity index is 1.55. The lowest BCUT2D eigenvalue weighted by molar-refractivity contribution is -0.138. The molecule has 2 aromatic rings. The molecule has 2 atom stereocenters. The molecule has 1 fully saturated rings. The number of urea groups is 1. The molecule has 2 aromatic carbocycles. The smallest absolute Gasteiger partial charge is 0.326 e. The Bertz CT molecular complexity index is 991. The van der Waals surface area contributed by atoms with Crippen LogP contribution in [0.15, 0.2) is 48.5 Å². The van der Waals surface area contributed by atoms with E-state index in [-0.39, 0.29) is 11.8 Å². The predicted octanol–water partition coefficient (Wildman–Crippen LogP) is 2.48. The first-order chi connectivity index (χ1) is 14.5. The number of imide groups is 1. The Morgan fingerprint density at radius 3 is 2.73 bits per heavy atom. The van der Waals surface area contributed by atoms with E-state index in [2.05, 4.69) is 10.6 Å². The topological polar surface area (TPSA) is 87.7 Å². The zero-order valence-electron chi connectivity index (χ0n) is 17.1. The fourth-order valence-corrected chi connectivity index (χ4v) is 4.35. The van der Waals surface area contributed by atoms with Crippen molar-refractivity contribution in [2.45, 2.75) is 44.3 Å². The number of carbonyl (C=O) groups is 3. The molecule has 0 bridgehead atoms. The molecule has 0 radical (unpaired) electrons. The normalized spacial score (nSPS) is 21.2. The van der Waals surface area contributed by atoms with Crippen molar-refractivity contribution in [3.05, 3.63) is 65.2 Å². The van der Waals surface area contributed by atoms with Gasteiger partial charge in [0.25, 0.3) is 5.91 Å². The Labute approximate surface area is 175 Å². The lowest BCUT2D eigenvalue weighted by Gasteiger charge is -2.34. The molecule has 7 nitrogen and oxygen atoms in total. The van der Waals surface area contributed by atoms with E-state index in [1.807, 2.05) is 42.5 Å². The molecule has 1 aliphatic heterocycles. The summed E-state index contributed by atoms with van der Waals surface area (Å²) >= 11 is 0. The molecule has 0 unspecified atom stereocenters. The fourth-order valence-electron chi connectivity index (χ4n) is 4.35. The van der Waals surface area contributed by atoms with Crippen molar-refractivity contribution in [2.24, 2.45) is 0 Å². The molecule has 1 aliphatic carbocycles. The SMILES string of the molecule is COc1ccc2c(c1)CCC[C@@]21NC(=O)N([C@@H](C)C(=O)NCc2ccccc2)C1=O. The van der Waals surface area contributed by atoms with Crippen LogP contribution >= 0.6 is 0 Å². The van der Waals surface area contributed by atoms with Crippen molar-refractivity contribution >= 4 is 17.8 Å².